The lowest BCUT2D eigenvalue weighted by Gasteiger charge is -2.36. The van der Waals surface area contributed by atoms with Gasteiger partial charge in [-0.05, 0) is 48.9 Å². The molecule has 1 aliphatic rings. The molecule has 0 atom stereocenters. The third-order valence-corrected chi connectivity index (χ3v) is 6.07. The molecule has 1 aliphatic heterocycles. The van der Waals surface area contributed by atoms with Gasteiger partial charge in [0.25, 0.3) is 0 Å². The third-order valence-electron chi connectivity index (χ3n) is 6.07. The fourth-order valence-electron chi connectivity index (χ4n) is 4.21. The molecule has 0 bridgehead atoms. The van der Waals surface area contributed by atoms with Gasteiger partial charge in [0, 0.05) is 31.7 Å². The van der Waals surface area contributed by atoms with Crippen molar-refractivity contribution in [3.63, 3.8) is 0 Å². The van der Waals surface area contributed by atoms with Gasteiger partial charge in [0.05, 0.1) is 18.8 Å². The van der Waals surface area contributed by atoms with Crippen molar-refractivity contribution in [3.05, 3.63) is 90.3 Å². The average molecular weight is 471 g/mol. The van der Waals surface area contributed by atoms with Crippen LogP contribution in [0.2, 0.25) is 0 Å². The maximum Gasteiger partial charge on any atom is 0.241 e. The van der Waals surface area contributed by atoms with E-state index in [-0.39, 0.29) is 0 Å². The Morgan fingerprint density at radius 2 is 1.57 bits per heavy atom. The number of aromatic nitrogens is 2. The van der Waals surface area contributed by atoms with E-state index < -0.39 is 0 Å². The fourth-order valence-corrected chi connectivity index (χ4v) is 4.21. The Kier molecular flexibility index (Phi) is 7.24. The number of rotatable bonds is 9. The normalized spacial score (nSPS) is 14.1. The molecule has 0 N–H and O–H groups in total. The van der Waals surface area contributed by atoms with Crippen LogP contribution < -0.4 is 14.4 Å². The van der Waals surface area contributed by atoms with E-state index in [1.165, 1.54) is 0 Å². The van der Waals surface area contributed by atoms with Crippen LogP contribution in [0.1, 0.15) is 18.4 Å². The van der Waals surface area contributed by atoms with Crippen molar-refractivity contribution in [2.75, 3.05) is 37.7 Å². The van der Waals surface area contributed by atoms with Gasteiger partial charge in [0.1, 0.15) is 18.1 Å². The van der Waals surface area contributed by atoms with Gasteiger partial charge >= 0.3 is 0 Å². The second kappa shape index (κ2) is 11.1. The second-order valence-electron chi connectivity index (χ2n) is 8.47. The summed E-state index contributed by atoms with van der Waals surface area (Å²) in [4.78, 5) is 9.34. The molecule has 0 spiro atoms. The maximum absolute atomic E-state index is 5.87. The molecular weight excluding hydrogens is 440 g/mol. The minimum atomic E-state index is 0.539. The Bertz CT molecular complexity index is 1200. The van der Waals surface area contributed by atoms with E-state index in [1.54, 1.807) is 0 Å². The van der Waals surface area contributed by atoms with E-state index in [9.17, 15) is 0 Å². The van der Waals surface area contributed by atoms with Gasteiger partial charge < -0.3 is 18.9 Å². The first-order chi connectivity index (χ1) is 17.3. The summed E-state index contributed by atoms with van der Waals surface area (Å²) in [7, 11) is 0. The molecule has 0 unspecified atom stereocenters. The van der Waals surface area contributed by atoms with Gasteiger partial charge in [0.2, 0.25) is 11.7 Å². The van der Waals surface area contributed by atoms with Crippen molar-refractivity contribution in [2.24, 2.45) is 0 Å². The summed E-state index contributed by atoms with van der Waals surface area (Å²) < 4.78 is 17.2. The van der Waals surface area contributed by atoms with Crippen LogP contribution >= 0.6 is 0 Å². The molecule has 1 aromatic heterocycles. The third kappa shape index (κ3) is 5.81. The molecule has 2 heterocycles. The molecular formula is C28H30N4O3. The number of hydrogen-bond acceptors (Lipinski definition) is 7. The monoisotopic (exact) mass is 470 g/mol. The van der Waals surface area contributed by atoms with Gasteiger partial charge in [-0.15, -0.1) is 0 Å². The van der Waals surface area contributed by atoms with Gasteiger partial charge in [-0.3, -0.25) is 4.90 Å². The zero-order chi connectivity index (χ0) is 23.9. The zero-order valence-electron chi connectivity index (χ0n) is 20.0. The van der Waals surface area contributed by atoms with Crippen LogP contribution in [0.5, 0.6) is 11.5 Å². The van der Waals surface area contributed by atoms with Crippen molar-refractivity contribution < 1.29 is 14.0 Å². The van der Waals surface area contributed by atoms with E-state index in [2.05, 4.69) is 44.2 Å². The topological polar surface area (TPSA) is 63.9 Å². The van der Waals surface area contributed by atoms with E-state index in [1.807, 2.05) is 61.5 Å². The van der Waals surface area contributed by atoms with Crippen molar-refractivity contribution in [3.8, 4) is 22.9 Å². The van der Waals surface area contributed by atoms with Crippen molar-refractivity contribution >= 4 is 5.69 Å². The average Bonchev–Trinajstić information content (AvgIpc) is 3.38. The molecule has 7 nitrogen and oxygen atoms in total. The Morgan fingerprint density at radius 1 is 0.829 bits per heavy atom. The van der Waals surface area contributed by atoms with Gasteiger partial charge in [0.15, 0.2) is 0 Å². The lowest BCUT2D eigenvalue weighted by atomic mass is 10.2. The predicted molar refractivity (Wildman–Crippen MR) is 136 cm³/mol. The smallest absolute Gasteiger partial charge is 0.241 e. The van der Waals surface area contributed by atoms with Crippen molar-refractivity contribution in [2.45, 2.75) is 20.1 Å². The van der Waals surface area contributed by atoms with Crippen LogP contribution in [-0.2, 0) is 13.2 Å². The lowest BCUT2D eigenvalue weighted by molar-refractivity contribution is 0.215. The number of ether oxygens (including phenoxy) is 2. The standard InChI is InChI=1S/C28H30N4O3/c1-2-33-26-11-7-6-10-25(26)32-18-16-31(17-19-32)20-27-29-28(30-35-27)23-12-14-24(15-13-23)34-21-22-8-4-3-5-9-22/h3-15H,2,16-21H2,1H3. The molecule has 0 saturated carbocycles. The summed E-state index contributed by atoms with van der Waals surface area (Å²) in [5.74, 6) is 2.98. The number of nitrogens with zero attached hydrogens (tertiary/aromatic N) is 4. The number of anilines is 1. The van der Waals surface area contributed by atoms with Gasteiger partial charge in [-0.2, -0.15) is 4.98 Å². The molecule has 3 aromatic carbocycles. The first-order valence-corrected chi connectivity index (χ1v) is 12.1. The summed E-state index contributed by atoms with van der Waals surface area (Å²) in [5, 5.41) is 4.19. The Labute approximate surface area is 205 Å². The molecule has 1 saturated heterocycles. The van der Waals surface area contributed by atoms with Crippen molar-refractivity contribution in [1.29, 1.82) is 0 Å². The number of hydrogen-bond donors (Lipinski definition) is 0. The van der Waals surface area contributed by atoms with E-state index in [0.29, 0.717) is 31.5 Å². The highest BCUT2D eigenvalue weighted by Crippen LogP contribution is 2.29. The summed E-state index contributed by atoms with van der Waals surface area (Å²) in [6.45, 7) is 7.56. The molecule has 4 aromatic rings. The molecule has 1 fully saturated rings. The summed E-state index contributed by atoms with van der Waals surface area (Å²) >= 11 is 0. The summed E-state index contributed by atoms with van der Waals surface area (Å²) in [6, 6.07) is 26.2. The maximum atomic E-state index is 5.87. The Hall–Kier alpha value is -3.84. The highest BCUT2D eigenvalue weighted by Gasteiger charge is 2.21. The minimum absolute atomic E-state index is 0.539. The first-order valence-electron chi connectivity index (χ1n) is 12.1. The van der Waals surface area contributed by atoms with Crippen LogP contribution in [-0.4, -0.2) is 47.8 Å². The van der Waals surface area contributed by atoms with E-state index >= 15 is 0 Å². The zero-order valence-corrected chi connectivity index (χ0v) is 20.0. The number of piperazine rings is 1. The largest absolute Gasteiger partial charge is 0.492 e. The van der Waals surface area contributed by atoms with Crippen LogP contribution in [0.4, 0.5) is 5.69 Å². The lowest BCUT2D eigenvalue weighted by Crippen LogP contribution is -2.46. The SMILES string of the molecule is CCOc1ccccc1N1CCN(Cc2nc(-c3ccc(OCc4ccccc4)cc3)no2)CC1. The minimum Gasteiger partial charge on any atom is -0.492 e. The highest BCUT2D eigenvalue weighted by molar-refractivity contribution is 5.59. The molecule has 35 heavy (non-hydrogen) atoms. The first kappa shape index (κ1) is 22.9. The fraction of sp³-hybridized carbons (Fsp3) is 0.286. The van der Waals surface area contributed by atoms with Crippen LogP contribution in [0.3, 0.4) is 0 Å². The molecule has 0 radical (unpaired) electrons. The quantitative estimate of drug-likeness (QED) is 0.340. The number of para-hydroxylation sites is 2. The number of benzene rings is 3. The summed E-state index contributed by atoms with van der Waals surface area (Å²) in [6.07, 6.45) is 0. The summed E-state index contributed by atoms with van der Waals surface area (Å²) in [5.41, 5.74) is 3.20. The van der Waals surface area contributed by atoms with Crippen LogP contribution in [0.15, 0.2) is 83.4 Å². The molecule has 5 rings (SSSR count). The van der Waals surface area contributed by atoms with Gasteiger partial charge in [-0.1, -0.05) is 47.6 Å². The molecule has 0 amide bonds. The predicted octanol–water partition coefficient (Wildman–Crippen LogP) is 5.04. The highest BCUT2D eigenvalue weighted by atomic mass is 16.5. The second-order valence-corrected chi connectivity index (χ2v) is 8.47. The molecule has 0 aliphatic carbocycles. The van der Waals surface area contributed by atoms with Crippen LogP contribution in [0, 0.1) is 0 Å². The Balaban J connectivity index is 1.14. The Morgan fingerprint density at radius 3 is 2.34 bits per heavy atom. The van der Waals surface area contributed by atoms with Gasteiger partial charge in [-0.25, -0.2) is 0 Å². The van der Waals surface area contributed by atoms with Crippen molar-refractivity contribution in [1.82, 2.24) is 15.0 Å². The molecule has 7 heteroatoms. The van der Waals surface area contributed by atoms with E-state index in [4.69, 9.17) is 14.0 Å². The van der Waals surface area contributed by atoms with Crippen LogP contribution in [0.25, 0.3) is 11.4 Å². The van der Waals surface area contributed by atoms with E-state index in [0.717, 1.165) is 54.5 Å². The molecule has 180 valence electrons.